The van der Waals surface area contributed by atoms with Crippen LogP contribution in [0.5, 0.6) is 0 Å². The van der Waals surface area contributed by atoms with Gasteiger partial charge in [0, 0.05) is 27.5 Å². The van der Waals surface area contributed by atoms with Crippen molar-refractivity contribution in [1.82, 2.24) is 0 Å². The summed E-state index contributed by atoms with van der Waals surface area (Å²) in [6, 6.07) is 11.7. The van der Waals surface area contributed by atoms with E-state index in [-0.39, 0.29) is 18.0 Å². The Morgan fingerprint density at radius 1 is 1.20 bits per heavy atom. The number of hydrogen-bond acceptors (Lipinski definition) is 2. The van der Waals surface area contributed by atoms with Gasteiger partial charge in [0.15, 0.2) is 0 Å². The highest BCUT2D eigenvalue weighted by atomic mass is 79.9. The molecule has 0 aliphatic carbocycles. The maximum atomic E-state index is 13.9. The van der Waals surface area contributed by atoms with E-state index in [0.717, 1.165) is 10.0 Å². The average molecular weight is 359 g/mol. The predicted molar refractivity (Wildman–Crippen MR) is 82.3 cm³/mol. The van der Waals surface area contributed by atoms with Gasteiger partial charge in [-0.3, -0.25) is 0 Å². The molecule has 0 saturated carbocycles. The Morgan fingerprint density at radius 2 is 1.85 bits per heavy atom. The SMILES string of the molecule is NCC(c1ccc(Br)cc1)C(O)c1ccc(Cl)cc1F. The largest absolute Gasteiger partial charge is 0.388 e. The number of halogens is 3. The molecule has 0 amide bonds. The number of aliphatic hydroxyl groups is 1. The molecule has 3 N–H and O–H groups in total. The van der Waals surface area contributed by atoms with E-state index in [1.54, 1.807) is 6.07 Å². The van der Waals surface area contributed by atoms with Crippen molar-refractivity contribution in [1.29, 1.82) is 0 Å². The first kappa shape index (κ1) is 15.4. The average Bonchev–Trinajstić information content (AvgIpc) is 2.41. The van der Waals surface area contributed by atoms with Crippen LogP contribution >= 0.6 is 27.5 Å². The minimum absolute atomic E-state index is 0.202. The third-order valence-corrected chi connectivity index (χ3v) is 3.98. The van der Waals surface area contributed by atoms with Crippen molar-refractivity contribution in [2.24, 2.45) is 5.73 Å². The summed E-state index contributed by atoms with van der Waals surface area (Å²) in [6.45, 7) is 0.213. The molecule has 0 bridgehead atoms. The van der Waals surface area contributed by atoms with Gasteiger partial charge in [-0.1, -0.05) is 45.7 Å². The molecule has 0 aliphatic heterocycles. The lowest BCUT2D eigenvalue weighted by Gasteiger charge is -2.23. The Balaban J connectivity index is 2.33. The van der Waals surface area contributed by atoms with E-state index in [0.29, 0.717) is 5.02 Å². The second-order valence-electron chi connectivity index (χ2n) is 4.50. The number of rotatable bonds is 4. The molecular weight excluding hydrogens is 345 g/mol. The van der Waals surface area contributed by atoms with Crippen molar-refractivity contribution in [3.63, 3.8) is 0 Å². The lowest BCUT2D eigenvalue weighted by Crippen LogP contribution is -2.21. The second kappa shape index (κ2) is 6.68. The first-order chi connectivity index (χ1) is 9.52. The lowest BCUT2D eigenvalue weighted by atomic mass is 9.89. The van der Waals surface area contributed by atoms with Gasteiger partial charge in [0.1, 0.15) is 5.82 Å². The topological polar surface area (TPSA) is 46.2 Å². The van der Waals surface area contributed by atoms with Crippen LogP contribution in [0.1, 0.15) is 23.1 Å². The number of nitrogens with two attached hydrogens (primary N) is 1. The van der Waals surface area contributed by atoms with Crippen molar-refractivity contribution in [3.05, 3.63) is 68.9 Å². The number of hydrogen-bond donors (Lipinski definition) is 2. The third kappa shape index (κ3) is 3.38. The number of benzene rings is 2. The standard InChI is InChI=1S/C15H14BrClFNO/c16-10-3-1-9(2-4-10)13(8-19)15(20)12-6-5-11(17)7-14(12)18/h1-7,13,15,20H,8,19H2. The fourth-order valence-electron chi connectivity index (χ4n) is 2.12. The van der Waals surface area contributed by atoms with Gasteiger partial charge >= 0.3 is 0 Å². The minimum Gasteiger partial charge on any atom is -0.388 e. The molecule has 0 fully saturated rings. The molecule has 0 saturated heterocycles. The summed E-state index contributed by atoms with van der Waals surface area (Å²) in [5, 5.41) is 10.7. The second-order valence-corrected chi connectivity index (χ2v) is 5.86. The van der Waals surface area contributed by atoms with Crippen LogP contribution in [-0.2, 0) is 0 Å². The molecule has 2 nitrogen and oxygen atoms in total. The van der Waals surface area contributed by atoms with E-state index < -0.39 is 11.9 Å². The Bertz CT molecular complexity index is 591. The van der Waals surface area contributed by atoms with E-state index in [4.69, 9.17) is 17.3 Å². The van der Waals surface area contributed by atoms with Crippen LogP contribution in [-0.4, -0.2) is 11.7 Å². The summed E-state index contributed by atoms with van der Waals surface area (Å²) < 4.78 is 14.8. The Morgan fingerprint density at radius 3 is 2.40 bits per heavy atom. The van der Waals surface area contributed by atoms with Crippen LogP contribution in [0.3, 0.4) is 0 Å². The quantitative estimate of drug-likeness (QED) is 0.867. The lowest BCUT2D eigenvalue weighted by molar-refractivity contribution is 0.143. The van der Waals surface area contributed by atoms with Gasteiger partial charge in [-0.05, 0) is 29.8 Å². The van der Waals surface area contributed by atoms with Crippen molar-refractivity contribution in [2.45, 2.75) is 12.0 Å². The monoisotopic (exact) mass is 357 g/mol. The molecule has 2 atom stereocenters. The summed E-state index contributed by atoms with van der Waals surface area (Å²) >= 11 is 9.07. The van der Waals surface area contributed by atoms with Gasteiger partial charge in [-0.2, -0.15) is 0 Å². The minimum atomic E-state index is -1.02. The van der Waals surface area contributed by atoms with E-state index in [1.807, 2.05) is 24.3 Å². The highest BCUT2D eigenvalue weighted by Gasteiger charge is 2.24. The number of aliphatic hydroxyl groups excluding tert-OH is 1. The fraction of sp³-hybridized carbons (Fsp3) is 0.200. The van der Waals surface area contributed by atoms with Gasteiger partial charge in [0.25, 0.3) is 0 Å². The molecule has 20 heavy (non-hydrogen) atoms. The van der Waals surface area contributed by atoms with Gasteiger partial charge in [0.05, 0.1) is 6.10 Å². The van der Waals surface area contributed by atoms with Crippen LogP contribution in [0.4, 0.5) is 4.39 Å². The van der Waals surface area contributed by atoms with Crippen molar-refractivity contribution in [2.75, 3.05) is 6.54 Å². The van der Waals surface area contributed by atoms with Gasteiger partial charge in [-0.25, -0.2) is 4.39 Å². The molecule has 0 aliphatic rings. The summed E-state index contributed by atoms with van der Waals surface area (Å²) in [6.07, 6.45) is -1.02. The van der Waals surface area contributed by atoms with Crippen molar-refractivity contribution in [3.8, 4) is 0 Å². The highest BCUT2D eigenvalue weighted by Crippen LogP contribution is 2.33. The van der Waals surface area contributed by atoms with E-state index >= 15 is 0 Å². The molecule has 0 spiro atoms. The third-order valence-electron chi connectivity index (χ3n) is 3.21. The van der Waals surface area contributed by atoms with Gasteiger partial charge < -0.3 is 10.8 Å². The summed E-state index contributed by atoms with van der Waals surface area (Å²) in [5.74, 6) is -0.903. The molecule has 106 valence electrons. The Kier molecular flexibility index (Phi) is 5.16. The summed E-state index contributed by atoms with van der Waals surface area (Å²) in [7, 11) is 0. The molecule has 0 radical (unpaired) electrons. The first-order valence-corrected chi connectivity index (χ1v) is 7.28. The molecule has 0 aromatic heterocycles. The highest BCUT2D eigenvalue weighted by molar-refractivity contribution is 9.10. The van der Waals surface area contributed by atoms with Crippen LogP contribution in [0, 0.1) is 5.82 Å². The van der Waals surface area contributed by atoms with E-state index in [9.17, 15) is 9.50 Å². The molecule has 0 heterocycles. The first-order valence-electron chi connectivity index (χ1n) is 6.11. The molecular formula is C15H14BrClFNO. The van der Waals surface area contributed by atoms with E-state index in [1.165, 1.54) is 12.1 Å². The van der Waals surface area contributed by atoms with E-state index in [2.05, 4.69) is 15.9 Å². The molecule has 5 heteroatoms. The zero-order valence-corrected chi connectivity index (χ0v) is 12.9. The molecule has 2 rings (SSSR count). The summed E-state index contributed by atoms with van der Waals surface area (Å²) in [4.78, 5) is 0. The Labute approximate surface area is 130 Å². The van der Waals surface area contributed by atoms with Crippen LogP contribution in [0.25, 0.3) is 0 Å². The molecule has 2 aromatic carbocycles. The van der Waals surface area contributed by atoms with Gasteiger partial charge in [-0.15, -0.1) is 0 Å². The van der Waals surface area contributed by atoms with Gasteiger partial charge in [0.2, 0.25) is 0 Å². The maximum absolute atomic E-state index is 13.9. The van der Waals surface area contributed by atoms with Crippen molar-refractivity contribution >= 4 is 27.5 Å². The molecule has 2 unspecified atom stereocenters. The smallest absolute Gasteiger partial charge is 0.130 e. The van der Waals surface area contributed by atoms with Crippen LogP contribution < -0.4 is 5.73 Å². The van der Waals surface area contributed by atoms with Crippen molar-refractivity contribution < 1.29 is 9.50 Å². The summed E-state index contributed by atoms with van der Waals surface area (Å²) in [5.41, 5.74) is 6.80. The zero-order valence-electron chi connectivity index (χ0n) is 10.6. The zero-order chi connectivity index (χ0) is 14.7. The maximum Gasteiger partial charge on any atom is 0.130 e. The predicted octanol–water partition coefficient (Wildman–Crippen LogP) is 4.02. The fourth-order valence-corrected chi connectivity index (χ4v) is 2.54. The van der Waals surface area contributed by atoms with Crippen LogP contribution in [0.2, 0.25) is 5.02 Å². The Hall–Kier alpha value is -0.940. The normalized spacial score (nSPS) is 14.1. The molecule has 2 aromatic rings. The van der Waals surface area contributed by atoms with Crippen LogP contribution in [0.15, 0.2) is 46.9 Å².